The maximum atomic E-state index is 13.0. The van der Waals surface area contributed by atoms with Gasteiger partial charge in [0.15, 0.2) is 18.5 Å². The fourth-order valence-electron chi connectivity index (χ4n) is 7.14. The molecule has 0 bridgehead atoms. The Bertz CT molecular complexity index is 1730. The Kier molecular flexibility index (Phi) is 16.9. The van der Waals surface area contributed by atoms with Crippen molar-refractivity contribution >= 4 is 23.9 Å². The number of ether oxygens (including phenoxy) is 6. The summed E-state index contributed by atoms with van der Waals surface area (Å²) >= 11 is 0. The van der Waals surface area contributed by atoms with E-state index in [1.165, 1.54) is 44.1 Å². The van der Waals surface area contributed by atoms with Crippen molar-refractivity contribution in [2.75, 3.05) is 19.8 Å². The van der Waals surface area contributed by atoms with Crippen LogP contribution in [0.15, 0.2) is 84.9 Å². The lowest BCUT2D eigenvalue weighted by Gasteiger charge is -2.29. The average molecular weight is 783 g/mol. The molecule has 1 aliphatic carbocycles. The molecule has 1 saturated carbocycles. The molecule has 1 saturated heterocycles. The third-order valence-electron chi connectivity index (χ3n) is 10.6. The van der Waals surface area contributed by atoms with E-state index >= 15 is 0 Å². The Labute approximate surface area is 337 Å². The molecule has 2 atom stereocenters. The normalized spacial score (nSPS) is 19.4. The second-order valence-electron chi connectivity index (χ2n) is 15.1. The quantitative estimate of drug-likeness (QED) is 0.0360. The zero-order chi connectivity index (χ0) is 40.6. The molecular formula is C47H58O10. The molecule has 0 radical (unpaired) electrons. The standard InChI is InChI=1S/C47H58O10/c1-5-7-29-53-45(50)41-42(46(51)54-30-8-6-2)57-47(56-41)39-25-27-40(28-26-39)55-44(49)38-23-21-37(22-24-38)36-19-17-35(18-20-36)34-15-13-33(14-16-34)12-10-9-11-31-52-43(48)32(3)4/h17-28,33-34,41-42,47H,3,5-16,29-31H2,1-2,4H3/t33?,34?,41-,42-/m1/s1. The van der Waals surface area contributed by atoms with Gasteiger partial charge in [0, 0.05) is 11.1 Å². The van der Waals surface area contributed by atoms with Crippen LogP contribution in [0.5, 0.6) is 5.75 Å². The molecule has 0 amide bonds. The van der Waals surface area contributed by atoms with E-state index in [0.29, 0.717) is 47.8 Å². The van der Waals surface area contributed by atoms with Crippen molar-refractivity contribution < 1.29 is 47.6 Å². The van der Waals surface area contributed by atoms with Gasteiger partial charge in [-0.2, -0.15) is 0 Å². The van der Waals surface area contributed by atoms with E-state index in [2.05, 4.69) is 30.8 Å². The molecule has 3 aromatic rings. The van der Waals surface area contributed by atoms with Gasteiger partial charge in [-0.15, -0.1) is 0 Å². The van der Waals surface area contributed by atoms with Crippen LogP contribution >= 0.6 is 0 Å². The Morgan fingerprint density at radius 2 is 1.16 bits per heavy atom. The van der Waals surface area contributed by atoms with Crippen LogP contribution in [0.3, 0.4) is 0 Å². The molecule has 57 heavy (non-hydrogen) atoms. The zero-order valence-corrected chi connectivity index (χ0v) is 33.7. The molecular weight excluding hydrogens is 725 g/mol. The van der Waals surface area contributed by atoms with Gasteiger partial charge >= 0.3 is 23.9 Å². The third kappa shape index (κ3) is 12.9. The third-order valence-corrected chi connectivity index (χ3v) is 10.6. The second-order valence-corrected chi connectivity index (χ2v) is 15.1. The van der Waals surface area contributed by atoms with Crippen LogP contribution in [0, 0.1) is 5.92 Å². The number of carbonyl (C=O) groups is 4. The fraction of sp³-hybridized carbons (Fsp3) is 0.489. The molecule has 2 aliphatic rings. The van der Waals surface area contributed by atoms with Crippen molar-refractivity contribution in [3.05, 3.63) is 102 Å². The minimum atomic E-state index is -1.26. The lowest BCUT2D eigenvalue weighted by molar-refractivity contribution is -0.163. The van der Waals surface area contributed by atoms with Crippen LogP contribution in [0.25, 0.3) is 11.1 Å². The van der Waals surface area contributed by atoms with E-state index in [1.807, 2.05) is 26.0 Å². The monoisotopic (exact) mass is 782 g/mol. The summed E-state index contributed by atoms with van der Waals surface area (Å²) in [6, 6.07) is 22.7. The van der Waals surface area contributed by atoms with Gasteiger partial charge in [0.25, 0.3) is 0 Å². The van der Waals surface area contributed by atoms with Gasteiger partial charge in [0.2, 0.25) is 0 Å². The van der Waals surface area contributed by atoms with Crippen molar-refractivity contribution in [3.8, 4) is 16.9 Å². The van der Waals surface area contributed by atoms with Crippen molar-refractivity contribution in [2.24, 2.45) is 5.92 Å². The lowest BCUT2D eigenvalue weighted by Crippen LogP contribution is -2.39. The molecule has 0 unspecified atom stereocenters. The highest BCUT2D eigenvalue weighted by atomic mass is 16.8. The van der Waals surface area contributed by atoms with Crippen LogP contribution in [-0.4, -0.2) is 55.9 Å². The first-order chi connectivity index (χ1) is 27.7. The Morgan fingerprint density at radius 1 is 0.632 bits per heavy atom. The van der Waals surface area contributed by atoms with E-state index in [9.17, 15) is 19.2 Å². The summed E-state index contributed by atoms with van der Waals surface area (Å²) in [5.74, 6) is -0.478. The summed E-state index contributed by atoms with van der Waals surface area (Å²) in [6.07, 6.45) is 8.85. The van der Waals surface area contributed by atoms with Crippen LogP contribution in [0.2, 0.25) is 0 Å². The summed E-state index contributed by atoms with van der Waals surface area (Å²) in [5, 5.41) is 0. The number of unbranched alkanes of at least 4 members (excludes halogenated alkanes) is 4. The maximum absolute atomic E-state index is 13.0. The Balaban J connectivity index is 1.07. The topological polar surface area (TPSA) is 124 Å². The van der Waals surface area contributed by atoms with Gasteiger partial charge in [0.05, 0.1) is 25.4 Å². The van der Waals surface area contributed by atoms with Gasteiger partial charge in [-0.1, -0.05) is 101 Å². The van der Waals surface area contributed by atoms with Gasteiger partial charge in [-0.25, -0.2) is 19.2 Å². The van der Waals surface area contributed by atoms with Crippen molar-refractivity contribution in [1.82, 2.24) is 0 Å². The minimum absolute atomic E-state index is 0.220. The van der Waals surface area contributed by atoms with Crippen LogP contribution in [-0.2, 0) is 38.1 Å². The number of hydrogen-bond acceptors (Lipinski definition) is 10. The van der Waals surface area contributed by atoms with E-state index in [4.69, 9.17) is 28.4 Å². The molecule has 0 N–H and O–H groups in total. The second kappa shape index (κ2) is 22.2. The highest BCUT2D eigenvalue weighted by molar-refractivity contribution is 5.91. The summed E-state index contributed by atoms with van der Waals surface area (Å²) in [6.45, 7) is 10.2. The summed E-state index contributed by atoms with van der Waals surface area (Å²) in [5.41, 5.74) is 4.88. The molecule has 2 fully saturated rings. The van der Waals surface area contributed by atoms with Crippen molar-refractivity contribution in [2.45, 2.75) is 122 Å². The molecule has 306 valence electrons. The fourth-order valence-corrected chi connectivity index (χ4v) is 7.14. The molecule has 5 rings (SSSR count). The lowest BCUT2D eigenvalue weighted by atomic mass is 9.77. The number of esters is 4. The molecule has 1 heterocycles. The molecule has 10 heteroatoms. The highest BCUT2D eigenvalue weighted by Gasteiger charge is 2.47. The minimum Gasteiger partial charge on any atom is -0.464 e. The predicted octanol–water partition coefficient (Wildman–Crippen LogP) is 10.00. The average Bonchev–Trinajstić information content (AvgIpc) is 3.69. The predicted molar refractivity (Wildman–Crippen MR) is 216 cm³/mol. The number of carbonyl (C=O) groups excluding carboxylic acids is 4. The van der Waals surface area contributed by atoms with Crippen LogP contribution < -0.4 is 4.74 Å². The zero-order valence-electron chi connectivity index (χ0n) is 33.7. The number of hydrogen-bond donors (Lipinski definition) is 0. The molecule has 0 aromatic heterocycles. The van der Waals surface area contributed by atoms with Gasteiger partial charge in [0.1, 0.15) is 5.75 Å². The van der Waals surface area contributed by atoms with E-state index < -0.39 is 36.4 Å². The summed E-state index contributed by atoms with van der Waals surface area (Å²) < 4.78 is 33.2. The van der Waals surface area contributed by atoms with Crippen LogP contribution in [0.4, 0.5) is 0 Å². The number of rotatable bonds is 20. The van der Waals surface area contributed by atoms with E-state index in [0.717, 1.165) is 42.7 Å². The van der Waals surface area contributed by atoms with Gasteiger partial charge in [-0.3, -0.25) is 0 Å². The maximum Gasteiger partial charge on any atom is 0.343 e. The summed E-state index contributed by atoms with van der Waals surface area (Å²) in [4.78, 5) is 50.1. The van der Waals surface area contributed by atoms with Crippen molar-refractivity contribution in [3.63, 3.8) is 0 Å². The highest BCUT2D eigenvalue weighted by Crippen LogP contribution is 2.38. The smallest absolute Gasteiger partial charge is 0.343 e. The first-order valence-corrected chi connectivity index (χ1v) is 20.7. The molecule has 3 aromatic carbocycles. The van der Waals surface area contributed by atoms with Crippen LogP contribution in [0.1, 0.15) is 132 Å². The molecule has 1 aliphatic heterocycles. The SMILES string of the molecule is C=C(C)C(=O)OCCCCCC1CCC(c2ccc(-c3ccc(C(=O)Oc4ccc(C5O[C@@H](C(=O)OCCCC)[C@H](C(=O)OCCCC)O5)cc4)cc3)cc2)CC1. The Morgan fingerprint density at radius 3 is 1.70 bits per heavy atom. The Hall–Kier alpha value is -4.80. The van der Waals surface area contributed by atoms with E-state index in [-0.39, 0.29) is 19.2 Å². The van der Waals surface area contributed by atoms with Crippen molar-refractivity contribution in [1.29, 1.82) is 0 Å². The molecule has 0 spiro atoms. The number of benzene rings is 3. The van der Waals surface area contributed by atoms with Gasteiger partial charge in [-0.05, 0) is 105 Å². The first-order valence-electron chi connectivity index (χ1n) is 20.7. The largest absolute Gasteiger partial charge is 0.464 e. The first kappa shape index (κ1) is 43.3. The molecule has 10 nitrogen and oxygen atoms in total. The summed E-state index contributed by atoms with van der Waals surface area (Å²) in [7, 11) is 0. The van der Waals surface area contributed by atoms with E-state index in [1.54, 1.807) is 43.3 Å². The van der Waals surface area contributed by atoms with Gasteiger partial charge < -0.3 is 28.4 Å².